The average molecular weight is 650 g/mol. The molecule has 0 aliphatic carbocycles. The summed E-state index contributed by atoms with van der Waals surface area (Å²) in [5.41, 5.74) is 0. The van der Waals surface area contributed by atoms with Crippen LogP contribution in [0.3, 0.4) is 0 Å². The van der Waals surface area contributed by atoms with Gasteiger partial charge in [0.15, 0.2) is 0 Å². The Labute approximate surface area is 277 Å². The van der Waals surface area contributed by atoms with Crippen LogP contribution in [0.2, 0.25) is 0 Å². The summed E-state index contributed by atoms with van der Waals surface area (Å²) >= 11 is 0. The van der Waals surface area contributed by atoms with Gasteiger partial charge in [-0.05, 0) is 64.2 Å². The average Bonchev–Trinajstić information content (AvgIpc) is 3.00. The van der Waals surface area contributed by atoms with Gasteiger partial charge in [0.25, 0.3) is 10.1 Å². The van der Waals surface area contributed by atoms with Crippen LogP contribution in [0, 0.1) is 0 Å². The minimum absolute atomic E-state index is 0.274. The zero-order valence-electron chi connectivity index (χ0n) is 28.7. The number of aliphatic hydroxyl groups is 1. The Bertz CT molecular complexity index is 936. The van der Waals surface area contributed by atoms with Crippen molar-refractivity contribution in [2.45, 2.75) is 167 Å². The van der Waals surface area contributed by atoms with Crippen molar-refractivity contribution in [1.82, 2.24) is 5.32 Å². The maximum absolute atomic E-state index is 12.4. The van der Waals surface area contributed by atoms with Crippen molar-refractivity contribution in [1.29, 1.82) is 0 Å². The maximum Gasteiger partial charge on any atom is 0.267 e. The van der Waals surface area contributed by atoms with E-state index in [2.05, 4.69) is 67.8 Å². The van der Waals surface area contributed by atoms with Crippen molar-refractivity contribution in [3.05, 3.63) is 60.8 Å². The Morgan fingerprint density at radius 3 is 1.67 bits per heavy atom. The van der Waals surface area contributed by atoms with Crippen molar-refractivity contribution < 1.29 is 22.9 Å². The van der Waals surface area contributed by atoms with Crippen LogP contribution in [0.25, 0.3) is 0 Å². The van der Waals surface area contributed by atoms with E-state index in [1.54, 1.807) is 6.08 Å². The zero-order valence-corrected chi connectivity index (χ0v) is 29.5. The first-order valence-electron chi connectivity index (χ1n) is 18.0. The van der Waals surface area contributed by atoms with E-state index in [9.17, 15) is 22.9 Å². The molecule has 0 heterocycles. The van der Waals surface area contributed by atoms with Gasteiger partial charge in [0.05, 0.1) is 17.9 Å². The van der Waals surface area contributed by atoms with Gasteiger partial charge in [-0.2, -0.15) is 8.42 Å². The third kappa shape index (κ3) is 33.2. The summed E-state index contributed by atoms with van der Waals surface area (Å²) in [4.78, 5) is 12.4. The summed E-state index contributed by atoms with van der Waals surface area (Å²) in [6.45, 7) is 4.38. The van der Waals surface area contributed by atoms with E-state index in [0.29, 0.717) is 12.8 Å². The molecule has 0 saturated heterocycles. The minimum atomic E-state index is -4.35. The largest absolute Gasteiger partial charge is 0.387 e. The van der Waals surface area contributed by atoms with Gasteiger partial charge in [-0.3, -0.25) is 9.35 Å². The maximum atomic E-state index is 12.4. The van der Waals surface area contributed by atoms with E-state index in [0.717, 1.165) is 57.8 Å². The molecule has 0 aromatic rings. The third-order valence-electron chi connectivity index (χ3n) is 7.68. The summed E-state index contributed by atoms with van der Waals surface area (Å²) in [5.74, 6) is -1.02. The van der Waals surface area contributed by atoms with E-state index in [1.165, 1.54) is 70.3 Å². The number of amides is 1. The molecule has 0 rings (SSSR count). The monoisotopic (exact) mass is 649 g/mol. The first-order valence-corrected chi connectivity index (χ1v) is 19.6. The van der Waals surface area contributed by atoms with Gasteiger partial charge in [-0.1, -0.05) is 145 Å². The minimum Gasteiger partial charge on any atom is -0.387 e. The van der Waals surface area contributed by atoms with Gasteiger partial charge in [0.2, 0.25) is 5.91 Å². The number of hydrogen-bond acceptors (Lipinski definition) is 4. The number of rotatable bonds is 31. The van der Waals surface area contributed by atoms with Gasteiger partial charge < -0.3 is 10.4 Å². The van der Waals surface area contributed by atoms with Crippen LogP contribution in [0.1, 0.15) is 155 Å². The summed E-state index contributed by atoms with van der Waals surface area (Å²) in [6.07, 6.45) is 43.4. The smallest absolute Gasteiger partial charge is 0.267 e. The Kier molecular flexibility index (Phi) is 30.6. The lowest BCUT2D eigenvalue weighted by Gasteiger charge is -2.21. The number of aliphatic hydroxyl groups excluding tert-OH is 1. The fourth-order valence-electron chi connectivity index (χ4n) is 5.01. The quantitative estimate of drug-likeness (QED) is 0.0394. The molecule has 0 aliphatic rings. The summed E-state index contributed by atoms with van der Waals surface area (Å²) in [7, 11) is -4.35. The number of unbranched alkanes of at least 4 members (excludes halogenated alkanes) is 15. The van der Waals surface area contributed by atoms with Gasteiger partial charge in [0, 0.05) is 6.42 Å². The first-order chi connectivity index (χ1) is 21.8. The molecule has 6 nitrogen and oxygen atoms in total. The highest BCUT2D eigenvalue weighted by Crippen LogP contribution is 2.12. The van der Waals surface area contributed by atoms with E-state index in [4.69, 9.17) is 0 Å². The van der Waals surface area contributed by atoms with E-state index in [-0.39, 0.29) is 12.3 Å². The third-order valence-corrected chi connectivity index (χ3v) is 8.46. The molecule has 7 heteroatoms. The van der Waals surface area contributed by atoms with E-state index in [1.807, 2.05) is 0 Å². The molecule has 1 amide bonds. The molecule has 0 fully saturated rings. The Balaban J connectivity index is 4.06. The molecular formula is C38H67NO5S. The van der Waals surface area contributed by atoms with Gasteiger partial charge in [0.1, 0.15) is 0 Å². The highest BCUT2D eigenvalue weighted by atomic mass is 32.2. The number of hydrogen-bond donors (Lipinski definition) is 3. The second-order valence-electron chi connectivity index (χ2n) is 12.1. The summed E-state index contributed by atoms with van der Waals surface area (Å²) in [6, 6.07) is -1.08. The van der Waals surface area contributed by atoms with E-state index < -0.39 is 28.0 Å². The molecule has 0 bridgehead atoms. The highest BCUT2D eigenvalue weighted by molar-refractivity contribution is 7.85. The molecule has 260 valence electrons. The van der Waals surface area contributed by atoms with Crippen LogP contribution in [-0.2, 0) is 14.9 Å². The Hall–Kier alpha value is -1.96. The van der Waals surface area contributed by atoms with Crippen LogP contribution < -0.4 is 5.32 Å². The van der Waals surface area contributed by atoms with Crippen LogP contribution in [0.4, 0.5) is 0 Å². The highest BCUT2D eigenvalue weighted by Gasteiger charge is 2.24. The topological polar surface area (TPSA) is 104 Å². The molecule has 0 aromatic carbocycles. The molecule has 2 unspecified atom stereocenters. The van der Waals surface area contributed by atoms with Crippen LogP contribution in [0.15, 0.2) is 60.8 Å². The van der Waals surface area contributed by atoms with E-state index >= 15 is 0 Å². The van der Waals surface area contributed by atoms with Gasteiger partial charge in [-0.15, -0.1) is 0 Å². The molecule has 0 aliphatic heterocycles. The SMILES string of the molecule is CC/C=C\C/C=C\C/C=C\CCCCCCCCCC(=O)NC(CS(=O)(=O)O)C(O)/C=C/CC/C=C/CCCCCCCCC. The number of carbonyl (C=O) groups excluding carboxylic acids is 1. The second-order valence-corrected chi connectivity index (χ2v) is 13.6. The molecule has 45 heavy (non-hydrogen) atoms. The zero-order chi connectivity index (χ0) is 33.3. The first kappa shape index (κ1) is 43.0. The Morgan fingerprint density at radius 2 is 1.09 bits per heavy atom. The standard InChI is InChI=1S/C38H67NO5S/c1-3-5-7-9-11-13-15-17-18-19-20-22-24-26-28-30-32-34-38(41)39-36(35-45(42,43)44)37(40)33-31-29-27-25-23-21-16-14-12-10-8-6-4-2/h5,7,11,13,17-18,23,25,31,33,36-37,40H,3-4,6,8-10,12,14-16,19-22,24,26-30,32,34-35H2,1-2H3,(H,39,41)(H,42,43,44)/b7-5-,13-11-,18-17-,25-23+,33-31+. The van der Waals surface area contributed by atoms with Gasteiger partial charge in [-0.25, -0.2) is 0 Å². The lowest BCUT2D eigenvalue weighted by atomic mass is 10.1. The molecular weight excluding hydrogens is 582 g/mol. The van der Waals surface area contributed by atoms with Crippen molar-refractivity contribution in [2.75, 3.05) is 5.75 Å². The van der Waals surface area contributed by atoms with Crippen LogP contribution >= 0.6 is 0 Å². The molecule has 2 atom stereocenters. The number of nitrogens with one attached hydrogen (secondary N) is 1. The predicted molar refractivity (Wildman–Crippen MR) is 193 cm³/mol. The van der Waals surface area contributed by atoms with Crippen molar-refractivity contribution in [3.63, 3.8) is 0 Å². The second kappa shape index (κ2) is 32.0. The van der Waals surface area contributed by atoms with Gasteiger partial charge >= 0.3 is 0 Å². The lowest BCUT2D eigenvalue weighted by Crippen LogP contribution is -2.46. The molecule has 0 saturated carbocycles. The molecule has 3 N–H and O–H groups in total. The lowest BCUT2D eigenvalue weighted by molar-refractivity contribution is -0.122. The fourth-order valence-corrected chi connectivity index (χ4v) is 5.74. The molecule has 0 aromatic heterocycles. The fraction of sp³-hybridized carbons (Fsp3) is 0.711. The summed E-state index contributed by atoms with van der Waals surface area (Å²) in [5, 5.41) is 13.1. The van der Waals surface area contributed by atoms with Crippen molar-refractivity contribution >= 4 is 16.0 Å². The number of allylic oxidation sites excluding steroid dienone is 9. The van der Waals surface area contributed by atoms with Crippen LogP contribution in [-0.4, -0.2) is 41.9 Å². The van der Waals surface area contributed by atoms with Crippen molar-refractivity contribution in [2.24, 2.45) is 0 Å². The molecule has 0 radical (unpaired) electrons. The number of carbonyl (C=O) groups is 1. The predicted octanol–water partition coefficient (Wildman–Crippen LogP) is 10.1. The normalized spacial score (nSPS) is 14.1. The van der Waals surface area contributed by atoms with Crippen LogP contribution in [0.5, 0.6) is 0 Å². The molecule has 0 spiro atoms. The summed E-state index contributed by atoms with van der Waals surface area (Å²) < 4.78 is 32.3. The Morgan fingerprint density at radius 1 is 0.622 bits per heavy atom. The van der Waals surface area contributed by atoms with Crippen molar-refractivity contribution in [3.8, 4) is 0 Å².